The lowest BCUT2D eigenvalue weighted by Crippen LogP contribution is -2.69. The number of esters is 1. The van der Waals surface area contributed by atoms with E-state index in [9.17, 15) is 22.8 Å². The van der Waals surface area contributed by atoms with E-state index in [-0.39, 0.29) is 41.4 Å². The van der Waals surface area contributed by atoms with E-state index in [1.165, 1.54) is 24.6 Å². The van der Waals surface area contributed by atoms with Gasteiger partial charge in [-0.25, -0.2) is 0 Å². The van der Waals surface area contributed by atoms with Crippen LogP contribution in [0.4, 0.5) is 13.2 Å². The molecule has 4 aliphatic rings. The van der Waals surface area contributed by atoms with Crippen molar-refractivity contribution in [1.82, 2.24) is 9.80 Å². The molecule has 0 aromatic heterocycles. The van der Waals surface area contributed by atoms with Crippen LogP contribution in [0.15, 0.2) is 66.7 Å². The largest absolute Gasteiger partial charge is 0.487 e. The van der Waals surface area contributed by atoms with Gasteiger partial charge in [0.1, 0.15) is 17.6 Å². The molecular formula is C40H41F3N2O4. The maximum absolute atomic E-state index is 14.0. The van der Waals surface area contributed by atoms with Crippen LogP contribution < -0.4 is 9.47 Å². The molecule has 1 saturated carbocycles. The van der Waals surface area contributed by atoms with Crippen molar-refractivity contribution >= 4 is 11.9 Å². The molecule has 6 nitrogen and oxygen atoms in total. The third-order valence-corrected chi connectivity index (χ3v) is 10.9. The van der Waals surface area contributed by atoms with Gasteiger partial charge in [0.05, 0.1) is 11.6 Å². The second kappa shape index (κ2) is 12.9. The van der Waals surface area contributed by atoms with Crippen LogP contribution in [-0.2, 0) is 34.0 Å². The number of nitrogens with zero attached hydrogens (tertiary/aromatic N) is 2. The molecule has 2 fully saturated rings. The minimum atomic E-state index is -4.44. The highest BCUT2D eigenvalue weighted by molar-refractivity contribution is 5.94. The highest BCUT2D eigenvalue weighted by Crippen LogP contribution is 2.64. The van der Waals surface area contributed by atoms with Gasteiger partial charge in [0.25, 0.3) is 5.91 Å². The second-order valence-corrected chi connectivity index (χ2v) is 14.3. The zero-order chi connectivity index (χ0) is 34.5. The molecule has 2 heterocycles. The highest BCUT2D eigenvalue weighted by Gasteiger charge is 2.66. The second-order valence-electron chi connectivity index (χ2n) is 14.3. The summed E-state index contributed by atoms with van der Waals surface area (Å²) in [4.78, 5) is 30.6. The Labute approximate surface area is 285 Å². The number of benzene rings is 3. The number of carbonyl (C=O) groups is 2. The van der Waals surface area contributed by atoms with Gasteiger partial charge in [-0.15, -0.1) is 0 Å². The number of piperidine rings is 1. The first kappa shape index (κ1) is 33.2. The lowest BCUT2D eigenvalue weighted by molar-refractivity contribution is -0.138. The first-order valence-corrected chi connectivity index (χ1v) is 17.2. The molecule has 49 heavy (non-hydrogen) atoms. The van der Waals surface area contributed by atoms with Crippen LogP contribution in [0.25, 0.3) is 0 Å². The summed E-state index contributed by atoms with van der Waals surface area (Å²) < 4.78 is 52.0. The van der Waals surface area contributed by atoms with Gasteiger partial charge in [-0.05, 0) is 92.4 Å². The average Bonchev–Trinajstić information content (AvgIpc) is 3.40. The first-order chi connectivity index (χ1) is 23.5. The standard InChI is InChI=1S/C40H41F3N2O4/c1-25(2)24-45(36(47)18-11-28-9-12-29(13-10-28)40(41,42)43)32-15-14-31-33-23-30-34(48-26(3)46)16-17-35-37(30)39(31,38(32)49-35)20-22-44(33)21-19-27-7-5-4-6-8-27/h4-10,12-13,16-17,25,31-33,38H,14-15,19-24H2,1-3H3/t31-,32-,33+,38-,39-/m0/s1. The molecule has 1 amide bonds. The number of hydrogen-bond donors (Lipinski definition) is 0. The molecule has 5 atom stereocenters. The Morgan fingerprint density at radius 2 is 1.82 bits per heavy atom. The number of alkyl halides is 3. The van der Waals surface area contributed by atoms with Gasteiger partial charge >= 0.3 is 12.1 Å². The third-order valence-electron chi connectivity index (χ3n) is 10.9. The molecule has 7 rings (SSSR count). The Hall–Kier alpha value is -4.29. The first-order valence-electron chi connectivity index (χ1n) is 17.2. The van der Waals surface area contributed by atoms with Gasteiger partial charge in [0.15, 0.2) is 0 Å². The van der Waals surface area contributed by atoms with Crippen molar-refractivity contribution in [1.29, 1.82) is 0 Å². The predicted molar refractivity (Wildman–Crippen MR) is 179 cm³/mol. The number of amides is 1. The zero-order valence-corrected chi connectivity index (χ0v) is 28.1. The number of halogens is 3. The Morgan fingerprint density at radius 3 is 2.51 bits per heavy atom. The van der Waals surface area contributed by atoms with E-state index >= 15 is 0 Å². The van der Waals surface area contributed by atoms with E-state index in [1.54, 1.807) is 0 Å². The molecule has 0 radical (unpaired) electrons. The van der Waals surface area contributed by atoms with Crippen LogP contribution in [0.5, 0.6) is 11.5 Å². The van der Waals surface area contributed by atoms with Crippen molar-refractivity contribution in [2.75, 3.05) is 19.6 Å². The summed E-state index contributed by atoms with van der Waals surface area (Å²) in [6.45, 7) is 7.83. The Morgan fingerprint density at radius 1 is 1.06 bits per heavy atom. The summed E-state index contributed by atoms with van der Waals surface area (Å²) in [5.74, 6) is 6.69. The van der Waals surface area contributed by atoms with Crippen LogP contribution in [0.2, 0.25) is 0 Å². The SMILES string of the molecule is CC(=O)Oc1ccc2c3c1C[C@@H]1[C@@H]4CC[C@H](N(CC(C)C)C(=O)C#Cc5ccc(C(F)(F)F)cc5)[C@H](O2)[C@]34CCN1CCc1ccccc1. The molecule has 2 aliphatic carbocycles. The molecule has 9 heteroatoms. The average molecular weight is 671 g/mol. The molecule has 1 saturated heterocycles. The normalized spacial score (nSPS) is 25.1. The van der Waals surface area contributed by atoms with Gasteiger partial charge in [0.2, 0.25) is 0 Å². The number of carbonyl (C=O) groups excluding carboxylic acids is 2. The van der Waals surface area contributed by atoms with Gasteiger partial charge < -0.3 is 14.4 Å². The molecule has 3 aromatic rings. The molecule has 256 valence electrons. The minimum absolute atomic E-state index is 0.154. The van der Waals surface area contributed by atoms with Gasteiger partial charge in [-0.3, -0.25) is 14.5 Å². The fraction of sp³-hybridized carbons (Fsp3) is 0.450. The van der Waals surface area contributed by atoms with Crippen LogP contribution in [0.3, 0.4) is 0 Å². The summed E-state index contributed by atoms with van der Waals surface area (Å²) >= 11 is 0. The molecule has 1 spiro atoms. The van der Waals surface area contributed by atoms with Crippen LogP contribution >= 0.6 is 0 Å². The molecule has 2 bridgehead atoms. The van der Waals surface area contributed by atoms with E-state index in [1.807, 2.05) is 23.1 Å². The van der Waals surface area contributed by atoms with E-state index < -0.39 is 11.7 Å². The minimum Gasteiger partial charge on any atom is -0.487 e. The predicted octanol–water partition coefficient (Wildman–Crippen LogP) is 6.82. The summed E-state index contributed by atoms with van der Waals surface area (Å²) in [5.41, 5.74) is 2.70. The van der Waals surface area contributed by atoms with Crippen molar-refractivity contribution in [3.63, 3.8) is 0 Å². The highest BCUT2D eigenvalue weighted by atomic mass is 19.4. The Bertz CT molecular complexity index is 1800. The van der Waals surface area contributed by atoms with Gasteiger partial charge in [-0.1, -0.05) is 50.1 Å². The summed E-state index contributed by atoms with van der Waals surface area (Å²) in [7, 11) is 0. The van der Waals surface area contributed by atoms with Gasteiger partial charge in [0, 0.05) is 54.1 Å². The zero-order valence-electron chi connectivity index (χ0n) is 28.1. The Balaban J connectivity index is 1.23. The smallest absolute Gasteiger partial charge is 0.416 e. The van der Waals surface area contributed by atoms with E-state index in [2.05, 4.69) is 54.9 Å². The number of rotatable bonds is 7. The van der Waals surface area contributed by atoms with Crippen molar-refractivity contribution in [3.8, 4) is 23.3 Å². The molecule has 0 N–H and O–H groups in total. The number of ether oxygens (including phenoxy) is 2. The van der Waals surface area contributed by atoms with Gasteiger partial charge in [-0.2, -0.15) is 13.2 Å². The van der Waals surface area contributed by atoms with Crippen molar-refractivity contribution in [2.45, 2.75) is 82.7 Å². The molecule has 0 unspecified atom stereocenters. The van der Waals surface area contributed by atoms with Crippen molar-refractivity contribution in [2.24, 2.45) is 11.8 Å². The van der Waals surface area contributed by atoms with E-state index in [4.69, 9.17) is 9.47 Å². The quantitative estimate of drug-likeness (QED) is 0.157. The Kier molecular flexibility index (Phi) is 8.72. The maximum atomic E-state index is 14.0. The van der Waals surface area contributed by atoms with Crippen LogP contribution in [0, 0.1) is 23.7 Å². The van der Waals surface area contributed by atoms with E-state index in [0.29, 0.717) is 23.8 Å². The lowest BCUT2D eigenvalue weighted by atomic mass is 9.50. The monoisotopic (exact) mass is 670 g/mol. The van der Waals surface area contributed by atoms with Crippen LogP contribution in [-0.4, -0.2) is 59.5 Å². The van der Waals surface area contributed by atoms with Crippen molar-refractivity contribution < 1.29 is 32.2 Å². The molecule has 3 aromatic carbocycles. The maximum Gasteiger partial charge on any atom is 0.416 e. The summed E-state index contributed by atoms with van der Waals surface area (Å²) in [6, 6.07) is 18.8. The number of likely N-dealkylation sites (tertiary alicyclic amines) is 1. The summed E-state index contributed by atoms with van der Waals surface area (Å²) in [5, 5.41) is 0. The van der Waals surface area contributed by atoms with Crippen molar-refractivity contribution in [3.05, 3.63) is 94.5 Å². The summed E-state index contributed by atoms with van der Waals surface area (Å²) in [6.07, 6.45) is -0.528. The van der Waals surface area contributed by atoms with Crippen LogP contribution in [0.1, 0.15) is 67.9 Å². The molecular weight excluding hydrogens is 629 g/mol. The third kappa shape index (κ3) is 6.09. The fourth-order valence-electron chi connectivity index (χ4n) is 9.06. The molecule has 2 aliphatic heterocycles. The number of hydrogen-bond acceptors (Lipinski definition) is 5. The van der Waals surface area contributed by atoms with E-state index in [0.717, 1.165) is 74.2 Å². The topological polar surface area (TPSA) is 59.1 Å². The fourth-order valence-corrected chi connectivity index (χ4v) is 9.06. The lowest BCUT2D eigenvalue weighted by Gasteiger charge is -2.60.